The van der Waals surface area contributed by atoms with Crippen LogP contribution in [0.15, 0.2) is 12.1 Å². The molecule has 1 aliphatic heterocycles. The van der Waals surface area contributed by atoms with E-state index < -0.39 is 39.9 Å². The van der Waals surface area contributed by atoms with E-state index in [1.165, 1.54) is 6.07 Å². The number of hydrogen-bond acceptors (Lipinski definition) is 9. The molecule has 1 aliphatic rings. The molecule has 0 saturated heterocycles. The monoisotopic (exact) mass is 485 g/mol. The van der Waals surface area contributed by atoms with Gasteiger partial charge in [-0.05, 0) is 56.6 Å². The lowest BCUT2D eigenvalue weighted by molar-refractivity contribution is -0.133. The Bertz CT molecular complexity index is 946. The van der Waals surface area contributed by atoms with Crippen molar-refractivity contribution >= 4 is 27.3 Å². The van der Waals surface area contributed by atoms with Crippen LogP contribution in [-0.4, -0.2) is 72.4 Å². The number of phenolic OH excluding ortho intramolecular Hbond substituents is 1. The van der Waals surface area contributed by atoms with Crippen molar-refractivity contribution in [3.63, 3.8) is 0 Å². The molecule has 0 bridgehead atoms. The first-order valence-electron chi connectivity index (χ1n) is 11.3. The van der Waals surface area contributed by atoms with Crippen molar-refractivity contribution in [1.82, 2.24) is 0 Å². The molecule has 0 saturated carbocycles. The highest BCUT2D eigenvalue weighted by Crippen LogP contribution is 2.30. The topological polar surface area (TPSA) is 150 Å². The Kier molecular flexibility index (Phi) is 9.69. The maximum absolute atomic E-state index is 12.9. The third kappa shape index (κ3) is 8.28. The second-order valence-electron chi connectivity index (χ2n) is 8.94. The van der Waals surface area contributed by atoms with E-state index in [2.05, 4.69) is 5.32 Å². The molecule has 4 N–H and O–H groups in total. The fourth-order valence-corrected chi connectivity index (χ4v) is 4.44. The smallest absolute Gasteiger partial charge is 0.342 e. The fraction of sp³-hybridized carbons (Fsp3) is 0.652. The summed E-state index contributed by atoms with van der Waals surface area (Å²) in [5.41, 5.74) is 1.02. The predicted octanol–water partition coefficient (Wildman–Crippen LogP) is 1.83. The largest absolute Gasteiger partial charge is 0.507 e. The summed E-state index contributed by atoms with van der Waals surface area (Å²) in [6, 6.07) is 3.06. The number of cyclic esters (lactones) is 1. The zero-order chi connectivity index (χ0) is 24.8. The number of sulfone groups is 1. The highest BCUT2D eigenvalue weighted by atomic mass is 32.2. The second kappa shape index (κ2) is 11.8. The lowest BCUT2D eigenvalue weighted by Crippen LogP contribution is -2.35. The summed E-state index contributed by atoms with van der Waals surface area (Å²) in [7, 11) is -3.08. The van der Waals surface area contributed by atoms with Gasteiger partial charge >= 0.3 is 5.97 Å². The molecule has 0 amide bonds. The molecule has 0 radical (unpaired) electrons. The molecule has 0 aliphatic carbocycles. The van der Waals surface area contributed by atoms with Crippen molar-refractivity contribution in [2.24, 2.45) is 5.92 Å². The number of ether oxygens (including phenoxy) is 1. The number of aryl methyl sites for hydroxylation is 1. The predicted molar refractivity (Wildman–Crippen MR) is 124 cm³/mol. The van der Waals surface area contributed by atoms with Crippen molar-refractivity contribution in [2.75, 3.05) is 23.9 Å². The first-order chi connectivity index (χ1) is 15.4. The summed E-state index contributed by atoms with van der Waals surface area (Å²) in [6.07, 6.45) is -0.410. The molecular weight excluding hydrogens is 450 g/mol. The number of carbonyl (C=O) groups is 2. The zero-order valence-corrected chi connectivity index (χ0v) is 20.2. The van der Waals surface area contributed by atoms with E-state index in [-0.39, 0.29) is 42.2 Å². The number of benzene rings is 1. The number of phenols is 1. The molecule has 9 nitrogen and oxygen atoms in total. The number of rotatable bonds is 5. The molecule has 33 heavy (non-hydrogen) atoms. The molecule has 1 unspecified atom stereocenters. The van der Waals surface area contributed by atoms with Crippen molar-refractivity contribution < 1.29 is 38.1 Å². The molecule has 2 rings (SSSR count). The van der Waals surface area contributed by atoms with E-state index in [0.717, 1.165) is 6.26 Å². The van der Waals surface area contributed by atoms with Gasteiger partial charge in [-0.15, -0.1) is 0 Å². The van der Waals surface area contributed by atoms with Gasteiger partial charge in [0.05, 0.1) is 11.9 Å². The molecule has 0 fully saturated rings. The minimum Gasteiger partial charge on any atom is -0.507 e. The lowest BCUT2D eigenvalue weighted by atomic mass is 9.92. The minimum atomic E-state index is -3.08. The van der Waals surface area contributed by atoms with E-state index in [1.807, 2.05) is 6.92 Å². The van der Waals surface area contributed by atoms with Crippen LogP contribution in [-0.2, 0) is 25.8 Å². The number of anilines is 1. The normalized spacial score (nSPS) is 25.6. The average molecular weight is 486 g/mol. The maximum Gasteiger partial charge on any atom is 0.342 e. The summed E-state index contributed by atoms with van der Waals surface area (Å²) < 4.78 is 28.2. The summed E-state index contributed by atoms with van der Waals surface area (Å²) >= 11 is 0. The highest BCUT2D eigenvalue weighted by Gasteiger charge is 2.28. The Morgan fingerprint density at radius 2 is 1.82 bits per heavy atom. The first kappa shape index (κ1) is 27.1. The Labute approximate surface area is 195 Å². The van der Waals surface area contributed by atoms with E-state index in [4.69, 9.17) is 4.74 Å². The second-order valence-corrected chi connectivity index (χ2v) is 11.2. The van der Waals surface area contributed by atoms with Crippen LogP contribution in [0.4, 0.5) is 5.69 Å². The number of aliphatic hydroxyl groups is 2. The van der Waals surface area contributed by atoms with Crippen LogP contribution in [0.3, 0.4) is 0 Å². The summed E-state index contributed by atoms with van der Waals surface area (Å²) in [6.45, 7) is 3.92. The third-order valence-electron chi connectivity index (χ3n) is 6.00. The van der Waals surface area contributed by atoms with Gasteiger partial charge in [-0.1, -0.05) is 6.92 Å². The quantitative estimate of drug-likeness (QED) is 0.362. The fourth-order valence-electron chi connectivity index (χ4n) is 3.77. The van der Waals surface area contributed by atoms with Gasteiger partial charge in [0.1, 0.15) is 33.4 Å². The molecule has 4 atom stereocenters. The number of aromatic hydroxyl groups is 1. The van der Waals surface area contributed by atoms with E-state index in [0.29, 0.717) is 37.1 Å². The van der Waals surface area contributed by atoms with E-state index in [1.54, 1.807) is 13.0 Å². The third-order valence-corrected chi connectivity index (χ3v) is 7.03. The Balaban J connectivity index is 2.28. The molecule has 0 aromatic heterocycles. The van der Waals surface area contributed by atoms with Crippen molar-refractivity contribution in [3.8, 4) is 5.75 Å². The Morgan fingerprint density at radius 1 is 1.12 bits per heavy atom. The van der Waals surface area contributed by atoms with Crippen LogP contribution < -0.4 is 5.32 Å². The number of nitrogens with one attached hydrogen (secondary N) is 1. The lowest BCUT2D eigenvalue weighted by Gasteiger charge is -2.24. The van der Waals surface area contributed by atoms with E-state index in [9.17, 15) is 33.3 Å². The van der Waals surface area contributed by atoms with Gasteiger partial charge < -0.3 is 25.4 Å². The molecular formula is C23H35NO8S. The van der Waals surface area contributed by atoms with Crippen LogP contribution in [0.5, 0.6) is 5.75 Å². The molecule has 10 heteroatoms. The Morgan fingerprint density at radius 3 is 2.48 bits per heavy atom. The van der Waals surface area contributed by atoms with E-state index >= 15 is 0 Å². The molecule has 1 aromatic carbocycles. The van der Waals surface area contributed by atoms with Gasteiger partial charge in [-0.2, -0.15) is 0 Å². The van der Waals surface area contributed by atoms with Gasteiger partial charge in [0.15, 0.2) is 5.78 Å². The van der Waals surface area contributed by atoms with Crippen LogP contribution in [0.2, 0.25) is 0 Å². The van der Waals surface area contributed by atoms with Gasteiger partial charge in [-0.3, -0.25) is 4.79 Å². The number of aliphatic hydroxyl groups excluding tert-OH is 2. The minimum absolute atomic E-state index is 0.00540. The van der Waals surface area contributed by atoms with Gasteiger partial charge in [-0.25, -0.2) is 13.2 Å². The van der Waals surface area contributed by atoms with Crippen molar-refractivity contribution in [3.05, 3.63) is 23.3 Å². The highest BCUT2D eigenvalue weighted by molar-refractivity contribution is 7.90. The van der Waals surface area contributed by atoms with Crippen LogP contribution in [0.1, 0.15) is 61.9 Å². The number of fused-ring (bicyclic) bond motifs is 1. The maximum atomic E-state index is 12.9. The number of esters is 1. The summed E-state index contributed by atoms with van der Waals surface area (Å²) in [4.78, 5) is 25.2. The number of hydrogen-bond donors (Lipinski definition) is 4. The molecule has 1 heterocycles. The Hall–Kier alpha value is -2.17. The molecule has 1 aromatic rings. The van der Waals surface area contributed by atoms with Crippen molar-refractivity contribution in [1.29, 1.82) is 0 Å². The molecule has 186 valence electrons. The number of carbonyl (C=O) groups excluding carboxylic acids is 2. The number of Topliss-reactive ketones (excluding diaryl/α,β-unsaturated/α-hetero) is 1. The average Bonchev–Trinajstić information content (AvgIpc) is 2.72. The SMILES string of the molecule is C[C@@H]1CCC(O)[C@@H](O)C(=O)CCCc2cc(NCCCS(C)(=O)=O)cc(O)c2C(=O)O[C@H]1C. The first-order valence-corrected chi connectivity index (χ1v) is 13.3. The summed E-state index contributed by atoms with van der Waals surface area (Å²) in [5.74, 6) is -1.53. The van der Waals surface area contributed by atoms with Crippen LogP contribution in [0.25, 0.3) is 0 Å². The summed E-state index contributed by atoms with van der Waals surface area (Å²) in [5, 5.41) is 33.9. The standard InChI is InChI=1S/C23H35NO8S/c1-14-8-9-19(26)22(28)18(25)7-4-6-16-12-17(24-10-5-11-33(3,30)31)13-20(27)21(16)23(29)32-15(14)2/h12-15,19,22,24,26-28H,4-11H2,1-3H3/t14-,15+,19?,22+/m1/s1. The van der Waals surface area contributed by atoms with Gasteiger partial charge in [0, 0.05) is 31.0 Å². The van der Waals surface area contributed by atoms with Crippen LogP contribution in [0, 0.1) is 5.92 Å². The van der Waals surface area contributed by atoms with Crippen LogP contribution >= 0.6 is 0 Å². The number of ketones is 1. The zero-order valence-electron chi connectivity index (χ0n) is 19.4. The van der Waals surface area contributed by atoms with Gasteiger partial charge in [0.2, 0.25) is 0 Å². The van der Waals surface area contributed by atoms with Crippen molar-refractivity contribution in [2.45, 2.75) is 70.7 Å². The van der Waals surface area contributed by atoms with Gasteiger partial charge in [0.25, 0.3) is 0 Å². The molecule has 0 spiro atoms.